The molecule has 1 fully saturated rings. The van der Waals surface area contributed by atoms with E-state index in [0.29, 0.717) is 44.5 Å². The molecule has 1 heterocycles. The lowest BCUT2D eigenvalue weighted by molar-refractivity contribution is -0.121. The lowest BCUT2D eigenvalue weighted by Gasteiger charge is -2.11. The van der Waals surface area contributed by atoms with Gasteiger partial charge in [0.25, 0.3) is 5.91 Å². The average molecular weight is 523 g/mol. The number of amidine groups is 1. The normalized spacial score (nSPS) is 15.4. The number of halogens is 1. The van der Waals surface area contributed by atoms with Gasteiger partial charge in [-0.2, -0.15) is 0 Å². The first-order chi connectivity index (χ1) is 17.4. The van der Waals surface area contributed by atoms with Crippen LogP contribution in [0.1, 0.15) is 21.5 Å². The van der Waals surface area contributed by atoms with Gasteiger partial charge >= 0.3 is 5.97 Å². The van der Waals surface area contributed by atoms with Crippen LogP contribution in [-0.4, -0.2) is 43.2 Å². The number of hydrogen-bond acceptors (Lipinski definition) is 7. The number of ether oxygens (including phenoxy) is 3. The molecule has 0 N–H and O–H groups in total. The van der Waals surface area contributed by atoms with Crippen LogP contribution in [0.15, 0.2) is 76.6 Å². The standard InChI is InChI=1S/C27H23ClN2O5S/c1-30-25(31)24(36-27(30)29-21-11-7-19(8-12-21)26(32)34-3)15-18-6-13-22(23(14-18)33-2)35-16-17-4-9-20(28)10-5-17/h4-15H,16H2,1-3H3/b24-15-,29-27?. The fraction of sp³-hybridized carbons (Fsp3) is 0.148. The van der Waals surface area contributed by atoms with Gasteiger partial charge in [-0.3, -0.25) is 9.69 Å². The number of benzene rings is 3. The van der Waals surface area contributed by atoms with Gasteiger partial charge in [0.05, 0.1) is 30.4 Å². The van der Waals surface area contributed by atoms with E-state index in [4.69, 9.17) is 25.8 Å². The summed E-state index contributed by atoms with van der Waals surface area (Å²) in [5.74, 6) is 0.572. The van der Waals surface area contributed by atoms with Crippen molar-refractivity contribution in [3.8, 4) is 11.5 Å². The number of nitrogens with zero attached hydrogens (tertiary/aromatic N) is 2. The third kappa shape index (κ3) is 5.90. The van der Waals surface area contributed by atoms with E-state index < -0.39 is 5.97 Å². The number of thioether (sulfide) groups is 1. The SMILES string of the molecule is COC(=O)c1ccc(N=C2S/C(=C\c3ccc(OCc4ccc(Cl)cc4)c(OC)c3)C(=O)N2C)cc1. The van der Waals surface area contributed by atoms with Gasteiger partial charge in [0, 0.05) is 12.1 Å². The van der Waals surface area contributed by atoms with E-state index in [-0.39, 0.29) is 5.91 Å². The quantitative estimate of drug-likeness (QED) is 0.282. The number of likely N-dealkylation sites (N-methyl/N-ethyl adjacent to an activating group) is 1. The molecule has 1 aliphatic rings. The van der Waals surface area contributed by atoms with Crippen molar-refractivity contribution in [2.75, 3.05) is 21.3 Å². The number of hydrogen-bond donors (Lipinski definition) is 0. The van der Waals surface area contributed by atoms with Gasteiger partial charge in [0.1, 0.15) is 6.61 Å². The maximum absolute atomic E-state index is 12.8. The number of rotatable bonds is 7. The van der Waals surface area contributed by atoms with Crippen LogP contribution >= 0.6 is 23.4 Å². The van der Waals surface area contributed by atoms with Gasteiger partial charge in [0.15, 0.2) is 16.7 Å². The van der Waals surface area contributed by atoms with E-state index >= 15 is 0 Å². The number of methoxy groups -OCH3 is 2. The molecule has 36 heavy (non-hydrogen) atoms. The molecule has 7 nitrogen and oxygen atoms in total. The molecule has 184 valence electrons. The van der Waals surface area contributed by atoms with E-state index in [1.807, 2.05) is 42.5 Å². The van der Waals surface area contributed by atoms with E-state index in [0.717, 1.165) is 11.1 Å². The fourth-order valence-corrected chi connectivity index (χ4v) is 4.45. The van der Waals surface area contributed by atoms with E-state index in [1.165, 1.54) is 23.8 Å². The van der Waals surface area contributed by atoms with Gasteiger partial charge in [-0.15, -0.1) is 0 Å². The predicted octanol–water partition coefficient (Wildman–Crippen LogP) is 5.95. The van der Waals surface area contributed by atoms with Crippen molar-refractivity contribution in [1.29, 1.82) is 0 Å². The van der Waals surface area contributed by atoms with Crippen LogP contribution in [0, 0.1) is 0 Å². The highest BCUT2D eigenvalue weighted by molar-refractivity contribution is 8.18. The second-order valence-electron chi connectivity index (χ2n) is 7.73. The molecule has 1 saturated heterocycles. The summed E-state index contributed by atoms with van der Waals surface area (Å²) in [6.07, 6.45) is 1.79. The molecule has 3 aromatic rings. The molecular weight excluding hydrogens is 500 g/mol. The van der Waals surface area contributed by atoms with Crippen molar-refractivity contribution in [2.45, 2.75) is 6.61 Å². The van der Waals surface area contributed by atoms with Crippen molar-refractivity contribution >= 4 is 52.2 Å². The minimum absolute atomic E-state index is 0.160. The number of carbonyl (C=O) groups excluding carboxylic acids is 2. The van der Waals surface area contributed by atoms with Gasteiger partial charge in [-0.05, 0) is 77.5 Å². The number of amides is 1. The number of aliphatic imine (C=N–C) groups is 1. The summed E-state index contributed by atoms with van der Waals surface area (Å²) < 4.78 is 16.1. The van der Waals surface area contributed by atoms with Crippen molar-refractivity contribution < 1.29 is 23.8 Å². The van der Waals surface area contributed by atoms with Crippen LogP contribution in [0.25, 0.3) is 6.08 Å². The Morgan fingerprint density at radius 3 is 2.42 bits per heavy atom. The highest BCUT2D eigenvalue weighted by Crippen LogP contribution is 2.35. The van der Waals surface area contributed by atoms with E-state index in [2.05, 4.69) is 4.99 Å². The summed E-state index contributed by atoms with van der Waals surface area (Å²) in [5.41, 5.74) is 2.82. The number of carbonyl (C=O) groups is 2. The van der Waals surface area contributed by atoms with Crippen LogP contribution in [-0.2, 0) is 16.1 Å². The molecule has 0 atom stereocenters. The van der Waals surface area contributed by atoms with Crippen LogP contribution in [0.3, 0.4) is 0 Å². The summed E-state index contributed by atoms with van der Waals surface area (Å²) >= 11 is 7.21. The molecule has 1 aliphatic heterocycles. The first kappa shape index (κ1) is 25.3. The average Bonchev–Trinajstić information content (AvgIpc) is 3.16. The Balaban J connectivity index is 1.49. The Morgan fingerprint density at radius 1 is 1.03 bits per heavy atom. The summed E-state index contributed by atoms with van der Waals surface area (Å²) in [6, 6.07) is 19.6. The summed E-state index contributed by atoms with van der Waals surface area (Å²) in [5, 5.41) is 1.20. The van der Waals surface area contributed by atoms with Gasteiger partial charge in [-0.1, -0.05) is 29.8 Å². The molecule has 1 amide bonds. The molecule has 9 heteroatoms. The molecule has 0 aromatic heterocycles. The molecule has 0 saturated carbocycles. The number of esters is 1. The van der Waals surface area contributed by atoms with Crippen molar-refractivity contribution in [2.24, 2.45) is 4.99 Å². The maximum Gasteiger partial charge on any atom is 0.337 e. The summed E-state index contributed by atoms with van der Waals surface area (Å²) in [7, 11) is 4.57. The second-order valence-corrected chi connectivity index (χ2v) is 9.18. The zero-order valence-corrected chi connectivity index (χ0v) is 21.4. The molecule has 4 rings (SSSR count). The van der Waals surface area contributed by atoms with Crippen molar-refractivity contribution in [3.63, 3.8) is 0 Å². The molecule has 0 unspecified atom stereocenters. The highest BCUT2D eigenvalue weighted by Gasteiger charge is 2.30. The first-order valence-electron chi connectivity index (χ1n) is 10.9. The lowest BCUT2D eigenvalue weighted by Crippen LogP contribution is -2.23. The van der Waals surface area contributed by atoms with E-state index in [9.17, 15) is 9.59 Å². The van der Waals surface area contributed by atoms with Gasteiger partial charge in [0.2, 0.25) is 0 Å². The molecule has 0 spiro atoms. The monoisotopic (exact) mass is 522 g/mol. The minimum Gasteiger partial charge on any atom is -0.493 e. The predicted molar refractivity (Wildman–Crippen MR) is 142 cm³/mol. The Morgan fingerprint density at radius 2 is 1.75 bits per heavy atom. The Labute approximate surface area is 218 Å². The Bertz CT molecular complexity index is 1340. The van der Waals surface area contributed by atoms with Crippen molar-refractivity contribution in [1.82, 2.24) is 4.90 Å². The van der Waals surface area contributed by atoms with Crippen LogP contribution in [0.5, 0.6) is 11.5 Å². The zero-order chi connectivity index (χ0) is 25.7. The smallest absolute Gasteiger partial charge is 0.337 e. The first-order valence-corrected chi connectivity index (χ1v) is 12.1. The topological polar surface area (TPSA) is 77.4 Å². The van der Waals surface area contributed by atoms with Crippen LogP contribution < -0.4 is 9.47 Å². The van der Waals surface area contributed by atoms with Crippen LogP contribution in [0.2, 0.25) is 5.02 Å². The Hall–Kier alpha value is -3.75. The molecule has 3 aromatic carbocycles. The largest absolute Gasteiger partial charge is 0.493 e. The second kappa shape index (κ2) is 11.3. The highest BCUT2D eigenvalue weighted by atomic mass is 35.5. The zero-order valence-electron chi connectivity index (χ0n) is 19.9. The molecule has 0 bridgehead atoms. The van der Waals surface area contributed by atoms with E-state index in [1.54, 1.807) is 44.5 Å². The lowest BCUT2D eigenvalue weighted by atomic mass is 10.2. The summed E-state index contributed by atoms with van der Waals surface area (Å²) in [6.45, 7) is 0.369. The fourth-order valence-electron chi connectivity index (χ4n) is 3.34. The minimum atomic E-state index is -0.418. The van der Waals surface area contributed by atoms with Gasteiger partial charge in [-0.25, -0.2) is 9.79 Å². The van der Waals surface area contributed by atoms with Crippen molar-refractivity contribution in [3.05, 3.63) is 93.3 Å². The molecule has 0 aliphatic carbocycles. The summed E-state index contributed by atoms with van der Waals surface area (Å²) in [4.78, 5) is 31.0. The third-order valence-electron chi connectivity index (χ3n) is 5.31. The molecule has 0 radical (unpaired) electrons. The Kier molecular flexibility index (Phi) is 7.97. The maximum atomic E-state index is 12.8. The van der Waals surface area contributed by atoms with Crippen LogP contribution in [0.4, 0.5) is 5.69 Å². The van der Waals surface area contributed by atoms with Gasteiger partial charge < -0.3 is 14.2 Å². The molecular formula is C27H23ClN2O5S. The third-order valence-corrected chi connectivity index (χ3v) is 6.62.